The lowest BCUT2D eigenvalue weighted by molar-refractivity contribution is -0.137. The minimum absolute atomic E-state index is 0.140. The Morgan fingerprint density at radius 2 is 1.72 bits per heavy atom. The summed E-state index contributed by atoms with van der Waals surface area (Å²) in [5.41, 5.74) is 1.93. The van der Waals surface area contributed by atoms with Crippen molar-refractivity contribution in [3.8, 4) is 17.0 Å². The van der Waals surface area contributed by atoms with Crippen LogP contribution in [0.5, 0.6) is 5.75 Å². The second kappa shape index (κ2) is 8.90. The summed E-state index contributed by atoms with van der Waals surface area (Å²) < 4.78 is 44.2. The number of nitrogens with zero attached hydrogens (tertiary/aromatic N) is 3. The zero-order valence-electron chi connectivity index (χ0n) is 17.5. The summed E-state index contributed by atoms with van der Waals surface area (Å²) in [7, 11) is 1.60. The Bertz CT molecular complexity index is 1090. The van der Waals surface area contributed by atoms with Gasteiger partial charge in [-0.25, -0.2) is 0 Å². The van der Waals surface area contributed by atoms with Crippen molar-refractivity contribution in [2.75, 3.05) is 38.2 Å². The molecule has 0 radical (unpaired) electrons. The van der Waals surface area contributed by atoms with Crippen molar-refractivity contribution >= 4 is 11.6 Å². The third-order valence-corrected chi connectivity index (χ3v) is 5.48. The molecule has 166 valence electrons. The van der Waals surface area contributed by atoms with E-state index < -0.39 is 11.7 Å². The number of halogens is 3. The zero-order valence-corrected chi connectivity index (χ0v) is 17.5. The van der Waals surface area contributed by atoms with Crippen LogP contribution in [0, 0.1) is 0 Å². The number of methoxy groups -OCH3 is 1. The molecule has 0 N–H and O–H groups in total. The highest BCUT2D eigenvalue weighted by atomic mass is 19.4. The van der Waals surface area contributed by atoms with Crippen LogP contribution in [-0.2, 0) is 6.18 Å². The highest BCUT2D eigenvalue weighted by Crippen LogP contribution is 2.32. The molecular weight excluding hydrogens is 419 g/mol. The van der Waals surface area contributed by atoms with E-state index in [9.17, 15) is 18.0 Å². The van der Waals surface area contributed by atoms with Crippen LogP contribution in [0.15, 0.2) is 66.9 Å². The van der Waals surface area contributed by atoms with E-state index in [-0.39, 0.29) is 5.91 Å². The molecule has 0 saturated carbocycles. The van der Waals surface area contributed by atoms with E-state index in [0.29, 0.717) is 37.4 Å². The van der Waals surface area contributed by atoms with E-state index in [2.05, 4.69) is 4.98 Å². The first-order valence-corrected chi connectivity index (χ1v) is 10.2. The molecule has 3 aromatic rings. The molecule has 1 aromatic heterocycles. The maximum atomic E-state index is 13.0. The van der Waals surface area contributed by atoms with Gasteiger partial charge in [-0.15, -0.1) is 0 Å². The number of aromatic nitrogens is 1. The van der Waals surface area contributed by atoms with E-state index in [1.54, 1.807) is 36.4 Å². The number of pyridine rings is 1. The highest BCUT2D eigenvalue weighted by Gasteiger charge is 2.31. The number of piperazine rings is 1. The van der Waals surface area contributed by atoms with Crippen molar-refractivity contribution in [1.29, 1.82) is 0 Å². The summed E-state index contributed by atoms with van der Waals surface area (Å²) in [5.74, 6) is 0.585. The highest BCUT2D eigenvalue weighted by molar-refractivity contribution is 5.94. The van der Waals surface area contributed by atoms with Crippen LogP contribution in [0.2, 0.25) is 0 Å². The van der Waals surface area contributed by atoms with Gasteiger partial charge in [0, 0.05) is 43.6 Å². The SMILES string of the molecule is COc1cccc(-c2ccc(C(=O)N3CCN(c4cccc(C(F)(F)F)c4)CC3)cn2)c1. The van der Waals surface area contributed by atoms with Crippen LogP contribution in [0.4, 0.5) is 18.9 Å². The first kappa shape index (κ1) is 21.7. The Kier molecular flexibility index (Phi) is 6.03. The van der Waals surface area contributed by atoms with Gasteiger partial charge in [0.15, 0.2) is 0 Å². The summed E-state index contributed by atoms with van der Waals surface area (Å²) in [6.45, 7) is 1.77. The predicted octanol–water partition coefficient (Wildman–Crippen LogP) is 4.74. The molecule has 4 rings (SSSR count). The molecule has 1 aliphatic rings. The Morgan fingerprint density at radius 3 is 2.38 bits per heavy atom. The van der Waals surface area contributed by atoms with Crippen molar-refractivity contribution in [3.63, 3.8) is 0 Å². The Hall–Kier alpha value is -3.55. The number of alkyl halides is 3. The lowest BCUT2D eigenvalue weighted by atomic mass is 10.1. The molecule has 2 heterocycles. The van der Waals surface area contributed by atoms with Crippen LogP contribution >= 0.6 is 0 Å². The third-order valence-electron chi connectivity index (χ3n) is 5.48. The molecule has 5 nitrogen and oxygen atoms in total. The number of carbonyl (C=O) groups excluding carboxylic acids is 1. The molecule has 0 spiro atoms. The fraction of sp³-hybridized carbons (Fsp3) is 0.250. The van der Waals surface area contributed by atoms with E-state index in [4.69, 9.17) is 4.74 Å². The Balaban J connectivity index is 1.40. The van der Waals surface area contributed by atoms with E-state index in [1.807, 2.05) is 29.2 Å². The normalized spacial score (nSPS) is 14.4. The number of hydrogen-bond donors (Lipinski definition) is 0. The summed E-state index contributed by atoms with van der Waals surface area (Å²) in [6, 6.07) is 16.3. The fourth-order valence-electron chi connectivity index (χ4n) is 3.70. The van der Waals surface area contributed by atoms with Gasteiger partial charge in [-0.1, -0.05) is 18.2 Å². The number of ether oxygens (including phenoxy) is 1. The fourth-order valence-corrected chi connectivity index (χ4v) is 3.70. The van der Waals surface area contributed by atoms with Crippen molar-refractivity contribution in [2.24, 2.45) is 0 Å². The molecule has 1 amide bonds. The number of carbonyl (C=O) groups is 1. The van der Waals surface area contributed by atoms with Gasteiger partial charge in [0.25, 0.3) is 5.91 Å². The Morgan fingerprint density at radius 1 is 0.969 bits per heavy atom. The molecule has 8 heteroatoms. The number of benzene rings is 2. The number of amides is 1. The van der Waals surface area contributed by atoms with Crippen LogP contribution in [0.3, 0.4) is 0 Å². The molecule has 1 saturated heterocycles. The van der Waals surface area contributed by atoms with E-state index in [0.717, 1.165) is 29.1 Å². The molecule has 1 aliphatic heterocycles. The standard InChI is InChI=1S/C24H22F3N3O2/c1-32-21-7-2-4-17(14-21)22-9-8-18(16-28-22)23(31)30-12-10-29(11-13-30)20-6-3-5-19(15-20)24(25,26)27/h2-9,14-16H,10-13H2,1H3. The van der Waals surface area contributed by atoms with Crippen LogP contribution in [0.25, 0.3) is 11.3 Å². The van der Waals surface area contributed by atoms with Crippen LogP contribution in [0.1, 0.15) is 15.9 Å². The summed E-state index contributed by atoms with van der Waals surface area (Å²) >= 11 is 0. The van der Waals surface area contributed by atoms with Crippen LogP contribution < -0.4 is 9.64 Å². The molecule has 0 bridgehead atoms. The van der Waals surface area contributed by atoms with Gasteiger partial charge >= 0.3 is 6.18 Å². The van der Waals surface area contributed by atoms with Gasteiger partial charge in [0.05, 0.1) is 23.9 Å². The van der Waals surface area contributed by atoms with E-state index in [1.165, 1.54) is 6.07 Å². The van der Waals surface area contributed by atoms with Gasteiger partial charge in [-0.05, 0) is 42.5 Å². The maximum absolute atomic E-state index is 13.0. The van der Waals surface area contributed by atoms with Crippen LogP contribution in [-0.4, -0.2) is 49.1 Å². The van der Waals surface area contributed by atoms with Gasteiger partial charge in [-0.3, -0.25) is 9.78 Å². The van der Waals surface area contributed by atoms with Gasteiger partial charge in [0.2, 0.25) is 0 Å². The van der Waals surface area contributed by atoms with E-state index >= 15 is 0 Å². The number of hydrogen-bond acceptors (Lipinski definition) is 4. The molecule has 0 aliphatic carbocycles. The first-order valence-electron chi connectivity index (χ1n) is 10.2. The van der Waals surface area contributed by atoms with Crippen molar-refractivity contribution in [3.05, 3.63) is 78.0 Å². The van der Waals surface area contributed by atoms with Gasteiger partial charge in [-0.2, -0.15) is 13.2 Å². The van der Waals surface area contributed by atoms with Crippen molar-refractivity contribution < 1.29 is 22.7 Å². The lowest BCUT2D eigenvalue weighted by Crippen LogP contribution is -2.48. The average Bonchev–Trinajstić information content (AvgIpc) is 2.83. The second-order valence-corrected chi connectivity index (χ2v) is 7.49. The zero-order chi connectivity index (χ0) is 22.7. The van der Waals surface area contributed by atoms with Gasteiger partial charge in [0.1, 0.15) is 5.75 Å². The Labute approximate surface area is 184 Å². The second-order valence-electron chi connectivity index (χ2n) is 7.49. The largest absolute Gasteiger partial charge is 0.497 e. The van der Waals surface area contributed by atoms with Gasteiger partial charge < -0.3 is 14.5 Å². The monoisotopic (exact) mass is 441 g/mol. The predicted molar refractivity (Wildman–Crippen MR) is 116 cm³/mol. The minimum Gasteiger partial charge on any atom is -0.497 e. The molecule has 0 atom stereocenters. The average molecular weight is 441 g/mol. The smallest absolute Gasteiger partial charge is 0.416 e. The molecular formula is C24H22F3N3O2. The molecule has 1 fully saturated rings. The summed E-state index contributed by atoms with van der Waals surface area (Å²) in [4.78, 5) is 20.9. The van der Waals surface area contributed by atoms with Crippen molar-refractivity contribution in [1.82, 2.24) is 9.88 Å². The lowest BCUT2D eigenvalue weighted by Gasteiger charge is -2.36. The maximum Gasteiger partial charge on any atom is 0.416 e. The quantitative estimate of drug-likeness (QED) is 0.587. The first-order chi connectivity index (χ1) is 15.3. The summed E-state index contributed by atoms with van der Waals surface area (Å²) in [5, 5.41) is 0. The minimum atomic E-state index is -4.38. The summed E-state index contributed by atoms with van der Waals surface area (Å²) in [6.07, 6.45) is -2.83. The molecule has 32 heavy (non-hydrogen) atoms. The third kappa shape index (κ3) is 4.69. The molecule has 2 aromatic carbocycles. The topological polar surface area (TPSA) is 45.7 Å². The number of rotatable bonds is 4. The number of anilines is 1. The van der Waals surface area contributed by atoms with Crippen molar-refractivity contribution in [2.45, 2.75) is 6.18 Å². The molecule has 0 unspecified atom stereocenters.